The van der Waals surface area contributed by atoms with Crippen molar-refractivity contribution in [2.75, 3.05) is 26.2 Å². The molecule has 2 saturated heterocycles. The summed E-state index contributed by atoms with van der Waals surface area (Å²) in [6.07, 6.45) is 3.37. The van der Waals surface area contributed by atoms with E-state index in [9.17, 15) is 4.79 Å². The standard InChI is InChI=1S/C14H20N2O2S/c17-14(11-4-1-2-6-15-11)16-7-8-18-12(10-16)13-5-3-9-19-13/h3,5,9,11-12,15H,1-2,4,6-8,10H2. The van der Waals surface area contributed by atoms with E-state index in [1.165, 1.54) is 11.3 Å². The Kier molecular flexibility index (Phi) is 4.15. The van der Waals surface area contributed by atoms with Crippen molar-refractivity contribution < 1.29 is 9.53 Å². The van der Waals surface area contributed by atoms with E-state index < -0.39 is 0 Å². The van der Waals surface area contributed by atoms with Gasteiger partial charge in [-0.1, -0.05) is 12.5 Å². The van der Waals surface area contributed by atoms with Gasteiger partial charge in [0.25, 0.3) is 0 Å². The number of hydrogen-bond acceptors (Lipinski definition) is 4. The van der Waals surface area contributed by atoms with Crippen molar-refractivity contribution in [2.24, 2.45) is 0 Å². The second-order valence-corrected chi connectivity index (χ2v) is 6.14. The highest BCUT2D eigenvalue weighted by atomic mass is 32.1. The first-order valence-corrected chi connectivity index (χ1v) is 7.90. The molecule has 2 atom stereocenters. The molecule has 0 bridgehead atoms. The van der Waals surface area contributed by atoms with Crippen molar-refractivity contribution in [3.05, 3.63) is 22.4 Å². The minimum Gasteiger partial charge on any atom is -0.369 e. The van der Waals surface area contributed by atoms with E-state index in [4.69, 9.17) is 4.74 Å². The SMILES string of the molecule is O=C(C1CCCCN1)N1CCOC(c2cccs2)C1. The smallest absolute Gasteiger partial charge is 0.239 e. The molecule has 3 heterocycles. The van der Waals surface area contributed by atoms with E-state index in [1.54, 1.807) is 11.3 Å². The predicted octanol–water partition coefficient (Wildman–Crippen LogP) is 1.79. The van der Waals surface area contributed by atoms with Crippen molar-refractivity contribution in [2.45, 2.75) is 31.4 Å². The zero-order valence-electron chi connectivity index (χ0n) is 11.0. The molecule has 0 aromatic carbocycles. The summed E-state index contributed by atoms with van der Waals surface area (Å²) in [7, 11) is 0. The van der Waals surface area contributed by atoms with Gasteiger partial charge in [0.15, 0.2) is 0 Å². The first-order valence-electron chi connectivity index (χ1n) is 7.02. The molecular formula is C14H20N2O2S. The van der Waals surface area contributed by atoms with Crippen LogP contribution in [0.1, 0.15) is 30.2 Å². The summed E-state index contributed by atoms with van der Waals surface area (Å²) in [6.45, 7) is 3.02. The van der Waals surface area contributed by atoms with Crippen LogP contribution in [0.3, 0.4) is 0 Å². The quantitative estimate of drug-likeness (QED) is 0.898. The molecule has 3 rings (SSSR count). The maximum atomic E-state index is 12.5. The Morgan fingerprint density at radius 2 is 2.42 bits per heavy atom. The Labute approximate surface area is 117 Å². The first-order chi connectivity index (χ1) is 9.34. The van der Waals surface area contributed by atoms with Gasteiger partial charge in [-0.2, -0.15) is 0 Å². The highest BCUT2D eigenvalue weighted by Gasteiger charge is 2.30. The van der Waals surface area contributed by atoms with Crippen molar-refractivity contribution in [1.29, 1.82) is 0 Å². The van der Waals surface area contributed by atoms with E-state index in [2.05, 4.69) is 16.8 Å². The summed E-state index contributed by atoms with van der Waals surface area (Å²) in [5, 5.41) is 5.39. The van der Waals surface area contributed by atoms with Crippen LogP contribution in [0.5, 0.6) is 0 Å². The third kappa shape index (κ3) is 2.99. The maximum absolute atomic E-state index is 12.5. The van der Waals surface area contributed by atoms with Gasteiger partial charge in [0.05, 0.1) is 19.2 Å². The molecule has 0 spiro atoms. The van der Waals surface area contributed by atoms with Gasteiger partial charge in [-0.25, -0.2) is 0 Å². The highest BCUT2D eigenvalue weighted by Crippen LogP contribution is 2.26. The molecule has 2 fully saturated rings. The number of carbonyl (C=O) groups is 1. The van der Waals surface area contributed by atoms with E-state index in [-0.39, 0.29) is 18.1 Å². The first kappa shape index (κ1) is 13.1. The number of rotatable bonds is 2. The fourth-order valence-corrected chi connectivity index (χ4v) is 3.54. The Balaban J connectivity index is 1.62. The fourth-order valence-electron chi connectivity index (χ4n) is 2.78. The molecule has 1 aromatic rings. The maximum Gasteiger partial charge on any atom is 0.239 e. The predicted molar refractivity (Wildman–Crippen MR) is 75.2 cm³/mol. The van der Waals surface area contributed by atoms with E-state index in [0.717, 1.165) is 25.9 Å². The van der Waals surface area contributed by atoms with Gasteiger partial charge in [0, 0.05) is 11.4 Å². The van der Waals surface area contributed by atoms with Crippen LogP contribution in [0.2, 0.25) is 0 Å². The number of hydrogen-bond donors (Lipinski definition) is 1. The number of nitrogens with zero attached hydrogens (tertiary/aromatic N) is 1. The molecule has 104 valence electrons. The summed E-state index contributed by atoms with van der Waals surface area (Å²) < 4.78 is 5.79. The largest absolute Gasteiger partial charge is 0.369 e. The summed E-state index contributed by atoms with van der Waals surface area (Å²) in [4.78, 5) is 15.7. The monoisotopic (exact) mass is 280 g/mol. The second-order valence-electron chi connectivity index (χ2n) is 5.16. The average molecular weight is 280 g/mol. The number of amides is 1. The molecule has 1 amide bonds. The van der Waals surface area contributed by atoms with Crippen LogP contribution in [0, 0.1) is 0 Å². The van der Waals surface area contributed by atoms with Crippen LogP contribution in [0.25, 0.3) is 0 Å². The lowest BCUT2D eigenvalue weighted by Gasteiger charge is -2.35. The molecule has 4 nitrogen and oxygen atoms in total. The van der Waals surface area contributed by atoms with Crippen molar-refractivity contribution in [3.63, 3.8) is 0 Å². The molecule has 0 radical (unpaired) electrons. The molecule has 0 aliphatic carbocycles. The Hall–Kier alpha value is -0.910. The Morgan fingerprint density at radius 1 is 1.47 bits per heavy atom. The number of nitrogens with one attached hydrogen (secondary N) is 1. The minimum absolute atomic E-state index is 0.0239. The zero-order valence-corrected chi connectivity index (χ0v) is 11.8. The van der Waals surface area contributed by atoms with Gasteiger partial charge >= 0.3 is 0 Å². The summed E-state index contributed by atoms with van der Waals surface area (Å²) in [6, 6.07) is 4.14. The van der Waals surface area contributed by atoms with Gasteiger partial charge in [-0.15, -0.1) is 11.3 Å². The van der Waals surface area contributed by atoms with Gasteiger partial charge in [0.1, 0.15) is 6.10 Å². The van der Waals surface area contributed by atoms with Crippen LogP contribution < -0.4 is 5.32 Å². The summed E-state index contributed by atoms with van der Waals surface area (Å²) in [5.41, 5.74) is 0. The lowest BCUT2D eigenvalue weighted by molar-refractivity contribution is -0.141. The van der Waals surface area contributed by atoms with E-state index in [0.29, 0.717) is 13.2 Å². The van der Waals surface area contributed by atoms with Crippen LogP contribution in [-0.2, 0) is 9.53 Å². The molecule has 1 aromatic heterocycles. The number of carbonyl (C=O) groups excluding carboxylic acids is 1. The Morgan fingerprint density at radius 3 is 3.16 bits per heavy atom. The third-order valence-corrected chi connectivity index (χ3v) is 4.81. The molecule has 2 unspecified atom stereocenters. The lowest BCUT2D eigenvalue weighted by atomic mass is 10.0. The lowest BCUT2D eigenvalue weighted by Crippen LogP contribution is -2.52. The zero-order chi connectivity index (χ0) is 13.1. The van der Waals surface area contributed by atoms with Gasteiger partial charge in [-0.05, 0) is 30.8 Å². The molecule has 1 N–H and O–H groups in total. The van der Waals surface area contributed by atoms with E-state index >= 15 is 0 Å². The van der Waals surface area contributed by atoms with Crippen LogP contribution in [0.4, 0.5) is 0 Å². The second kappa shape index (κ2) is 6.03. The van der Waals surface area contributed by atoms with Gasteiger partial charge < -0.3 is 15.0 Å². The topological polar surface area (TPSA) is 41.6 Å². The average Bonchev–Trinajstić information content (AvgIpc) is 3.02. The number of thiophene rings is 1. The van der Waals surface area contributed by atoms with Gasteiger partial charge in [0.2, 0.25) is 5.91 Å². The number of morpholine rings is 1. The molecule has 5 heteroatoms. The van der Waals surface area contributed by atoms with Crippen molar-refractivity contribution in [3.8, 4) is 0 Å². The summed E-state index contributed by atoms with van der Waals surface area (Å²) >= 11 is 1.70. The van der Waals surface area contributed by atoms with Crippen molar-refractivity contribution in [1.82, 2.24) is 10.2 Å². The summed E-state index contributed by atoms with van der Waals surface area (Å²) in [5.74, 6) is 0.254. The molecule has 2 aliphatic rings. The van der Waals surface area contributed by atoms with Crippen LogP contribution in [0.15, 0.2) is 17.5 Å². The van der Waals surface area contributed by atoms with Crippen LogP contribution >= 0.6 is 11.3 Å². The Bertz CT molecular complexity index is 415. The molecule has 19 heavy (non-hydrogen) atoms. The van der Waals surface area contributed by atoms with E-state index in [1.807, 2.05) is 11.0 Å². The van der Waals surface area contributed by atoms with Gasteiger partial charge in [-0.3, -0.25) is 4.79 Å². The molecular weight excluding hydrogens is 260 g/mol. The molecule has 2 aliphatic heterocycles. The number of piperidine rings is 1. The molecule has 0 saturated carbocycles. The third-order valence-electron chi connectivity index (χ3n) is 3.85. The normalized spacial score (nSPS) is 28.3. The highest BCUT2D eigenvalue weighted by molar-refractivity contribution is 7.10. The van der Waals surface area contributed by atoms with Crippen LogP contribution in [-0.4, -0.2) is 43.1 Å². The fraction of sp³-hybridized carbons (Fsp3) is 0.643. The minimum atomic E-state index is 0.0239. The number of ether oxygens (including phenoxy) is 1. The van der Waals surface area contributed by atoms with Crippen molar-refractivity contribution >= 4 is 17.2 Å².